The van der Waals surface area contributed by atoms with Gasteiger partial charge in [-0.3, -0.25) is 0 Å². The normalized spacial score (nSPS) is 14.0. The van der Waals surface area contributed by atoms with Crippen LogP contribution >= 0.6 is 0 Å². The predicted octanol–water partition coefficient (Wildman–Crippen LogP) is 1.43. The van der Waals surface area contributed by atoms with Crippen LogP contribution in [0.25, 0.3) is 0 Å². The maximum absolute atomic E-state index is 11.5. The van der Waals surface area contributed by atoms with E-state index in [4.69, 9.17) is 9.84 Å². The number of carbonyl (C=O) groups excluding carboxylic acids is 1. The highest BCUT2D eigenvalue weighted by Gasteiger charge is 2.22. The number of aliphatic hydroxyl groups is 2. The highest BCUT2D eigenvalue weighted by Crippen LogP contribution is 2.07. The zero-order valence-electron chi connectivity index (χ0n) is 12.2. The summed E-state index contributed by atoms with van der Waals surface area (Å²) in [4.78, 5) is 11.5. The minimum Gasteiger partial charge on any atom is -0.444 e. The number of hydrogen-bond acceptors (Lipinski definition) is 4. The maximum atomic E-state index is 11.5. The Balaban J connectivity index is 4.31. The van der Waals surface area contributed by atoms with Crippen LogP contribution in [0.2, 0.25) is 0 Å². The standard InChI is InChI=1S/C14H25NO4/c1-5-6-7-8-9-12(17)11(10-16)15-13(18)19-14(2,3)4/h11-12,16-17H,5-7,10H2,1-4H3,(H,15,18)/t11-,12-/m0/s1. The Kier molecular flexibility index (Phi) is 8.21. The second kappa shape index (κ2) is 8.78. The van der Waals surface area contributed by atoms with Gasteiger partial charge in [0.25, 0.3) is 0 Å². The molecule has 0 aliphatic heterocycles. The maximum Gasteiger partial charge on any atom is 0.408 e. The van der Waals surface area contributed by atoms with Crippen molar-refractivity contribution in [2.45, 2.75) is 64.7 Å². The molecule has 0 aromatic heterocycles. The molecule has 110 valence electrons. The largest absolute Gasteiger partial charge is 0.444 e. The second-order valence-corrected chi connectivity index (χ2v) is 5.30. The van der Waals surface area contributed by atoms with Crippen LogP contribution in [0.3, 0.4) is 0 Å². The molecule has 0 spiro atoms. The van der Waals surface area contributed by atoms with E-state index in [2.05, 4.69) is 24.1 Å². The van der Waals surface area contributed by atoms with Gasteiger partial charge in [0.05, 0.1) is 12.6 Å². The Hall–Kier alpha value is -1.25. The average molecular weight is 271 g/mol. The first kappa shape index (κ1) is 17.8. The minimum atomic E-state index is -1.10. The van der Waals surface area contributed by atoms with Crippen LogP contribution in [0, 0.1) is 11.8 Å². The lowest BCUT2D eigenvalue weighted by Gasteiger charge is -2.23. The van der Waals surface area contributed by atoms with Gasteiger partial charge in [-0.1, -0.05) is 19.3 Å². The molecule has 0 heterocycles. The molecule has 3 N–H and O–H groups in total. The molecule has 0 aromatic carbocycles. The number of alkyl carbamates (subject to hydrolysis) is 1. The quantitative estimate of drug-likeness (QED) is 0.522. The first-order chi connectivity index (χ1) is 8.80. The molecule has 0 bridgehead atoms. The van der Waals surface area contributed by atoms with Crippen LogP contribution in [0.4, 0.5) is 4.79 Å². The number of ether oxygens (including phenoxy) is 1. The van der Waals surface area contributed by atoms with Gasteiger partial charge >= 0.3 is 6.09 Å². The van der Waals surface area contributed by atoms with E-state index in [0.29, 0.717) is 6.42 Å². The summed E-state index contributed by atoms with van der Waals surface area (Å²) in [6.45, 7) is 6.87. The Morgan fingerprint density at radius 3 is 2.53 bits per heavy atom. The van der Waals surface area contributed by atoms with Gasteiger partial charge < -0.3 is 20.3 Å². The van der Waals surface area contributed by atoms with Gasteiger partial charge in [-0.15, -0.1) is 5.92 Å². The third kappa shape index (κ3) is 9.34. The van der Waals surface area contributed by atoms with Crippen LogP contribution in [0.1, 0.15) is 47.0 Å². The number of rotatable bonds is 5. The molecular formula is C14H25NO4. The molecule has 1 amide bonds. The zero-order chi connectivity index (χ0) is 14.9. The Labute approximate surface area is 115 Å². The monoisotopic (exact) mass is 271 g/mol. The molecule has 0 unspecified atom stereocenters. The molecule has 2 atom stereocenters. The Morgan fingerprint density at radius 2 is 2.05 bits per heavy atom. The fourth-order valence-electron chi connectivity index (χ4n) is 1.23. The summed E-state index contributed by atoms with van der Waals surface area (Å²) in [5, 5.41) is 21.3. The van der Waals surface area contributed by atoms with Gasteiger partial charge in [-0.05, 0) is 27.2 Å². The molecule has 0 rings (SSSR count). The number of nitrogens with one attached hydrogen (secondary N) is 1. The van der Waals surface area contributed by atoms with Crippen molar-refractivity contribution in [1.29, 1.82) is 0 Å². The van der Waals surface area contributed by atoms with Gasteiger partial charge in [-0.25, -0.2) is 4.79 Å². The van der Waals surface area contributed by atoms with Crippen molar-refractivity contribution in [1.82, 2.24) is 5.32 Å². The Bertz CT molecular complexity index is 325. The van der Waals surface area contributed by atoms with Gasteiger partial charge in [0.15, 0.2) is 0 Å². The molecule has 0 radical (unpaired) electrons. The van der Waals surface area contributed by atoms with Gasteiger partial charge in [-0.2, -0.15) is 0 Å². The van der Waals surface area contributed by atoms with Crippen LogP contribution in [-0.4, -0.2) is 40.7 Å². The summed E-state index contributed by atoms with van der Waals surface area (Å²) in [5.41, 5.74) is -0.623. The van der Waals surface area contributed by atoms with E-state index in [1.165, 1.54) is 0 Å². The van der Waals surface area contributed by atoms with Crippen molar-refractivity contribution in [2.75, 3.05) is 6.61 Å². The summed E-state index contributed by atoms with van der Waals surface area (Å²) in [5.74, 6) is 5.43. The molecule has 0 aliphatic rings. The first-order valence-electron chi connectivity index (χ1n) is 6.57. The number of aliphatic hydroxyl groups excluding tert-OH is 2. The molecule has 0 aromatic rings. The lowest BCUT2D eigenvalue weighted by Crippen LogP contribution is -2.47. The van der Waals surface area contributed by atoms with Crippen LogP contribution in [-0.2, 0) is 4.74 Å². The summed E-state index contributed by atoms with van der Waals surface area (Å²) in [6.07, 6.45) is 0.904. The Morgan fingerprint density at radius 1 is 1.42 bits per heavy atom. The zero-order valence-corrected chi connectivity index (χ0v) is 12.2. The van der Waals surface area contributed by atoms with Crippen molar-refractivity contribution in [3.63, 3.8) is 0 Å². The van der Waals surface area contributed by atoms with Gasteiger partial charge in [0.1, 0.15) is 11.7 Å². The summed E-state index contributed by atoms with van der Waals surface area (Å²) >= 11 is 0. The van der Waals surface area contributed by atoms with E-state index in [-0.39, 0.29) is 0 Å². The van der Waals surface area contributed by atoms with Crippen molar-refractivity contribution in [3.05, 3.63) is 0 Å². The molecule has 0 fully saturated rings. The smallest absolute Gasteiger partial charge is 0.408 e. The van der Waals surface area contributed by atoms with Crippen LogP contribution in [0.5, 0.6) is 0 Å². The SMILES string of the molecule is CCCCC#C[C@H](O)[C@H](CO)NC(=O)OC(C)(C)C. The molecule has 0 aliphatic carbocycles. The van der Waals surface area contributed by atoms with E-state index >= 15 is 0 Å². The number of carbonyl (C=O) groups is 1. The summed E-state index contributed by atoms with van der Waals surface area (Å²) in [6, 6.07) is -0.844. The average Bonchev–Trinajstić information content (AvgIpc) is 2.29. The number of hydrogen-bond donors (Lipinski definition) is 3. The fraction of sp³-hybridized carbons (Fsp3) is 0.786. The molecule has 0 saturated heterocycles. The lowest BCUT2D eigenvalue weighted by atomic mass is 10.1. The molecule has 5 heteroatoms. The van der Waals surface area contributed by atoms with E-state index in [1.54, 1.807) is 20.8 Å². The van der Waals surface area contributed by atoms with E-state index in [0.717, 1.165) is 12.8 Å². The topological polar surface area (TPSA) is 78.8 Å². The summed E-state index contributed by atoms with van der Waals surface area (Å²) in [7, 11) is 0. The van der Waals surface area contributed by atoms with Crippen molar-refractivity contribution >= 4 is 6.09 Å². The third-order valence-corrected chi connectivity index (χ3v) is 2.19. The summed E-state index contributed by atoms with van der Waals surface area (Å²) < 4.78 is 5.04. The molecule has 19 heavy (non-hydrogen) atoms. The highest BCUT2D eigenvalue weighted by atomic mass is 16.6. The second-order valence-electron chi connectivity index (χ2n) is 5.30. The van der Waals surface area contributed by atoms with Crippen LogP contribution < -0.4 is 5.32 Å². The molecule has 5 nitrogen and oxygen atoms in total. The minimum absolute atomic E-state index is 0.400. The van der Waals surface area contributed by atoms with Crippen molar-refractivity contribution in [2.24, 2.45) is 0 Å². The van der Waals surface area contributed by atoms with E-state index in [1.807, 2.05) is 0 Å². The van der Waals surface area contributed by atoms with E-state index < -0.39 is 30.4 Å². The van der Waals surface area contributed by atoms with Crippen LogP contribution in [0.15, 0.2) is 0 Å². The van der Waals surface area contributed by atoms with Gasteiger partial charge in [0, 0.05) is 6.42 Å². The lowest BCUT2D eigenvalue weighted by molar-refractivity contribution is 0.0413. The third-order valence-electron chi connectivity index (χ3n) is 2.19. The van der Waals surface area contributed by atoms with E-state index in [9.17, 15) is 9.90 Å². The predicted molar refractivity (Wildman–Crippen MR) is 73.6 cm³/mol. The van der Waals surface area contributed by atoms with Crippen molar-refractivity contribution < 1.29 is 19.7 Å². The number of unbranched alkanes of at least 4 members (excludes halogenated alkanes) is 2. The molecule has 0 saturated carbocycles. The highest BCUT2D eigenvalue weighted by molar-refractivity contribution is 5.68. The molecular weight excluding hydrogens is 246 g/mol. The fourth-order valence-corrected chi connectivity index (χ4v) is 1.23. The van der Waals surface area contributed by atoms with Crippen molar-refractivity contribution in [3.8, 4) is 11.8 Å². The number of amides is 1. The first-order valence-corrected chi connectivity index (χ1v) is 6.57. The van der Waals surface area contributed by atoms with Gasteiger partial charge in [0.2, 0.25) is 0 Å².